The zero-order chi connectivity index (χ0) is 15.8. The fraction of sp³-hybridized carbons (Fsp3) is 0.538. The predicted octanol–water partition coefficient (Wildman–Crippen LogP) is 0.487. The van der Waals surface area contributed by atoms with Crippen molar-refractivity contribution in [2.45, 2.75) is 31.0 Å². The molecule has 0 saturated carbocycles. The largest absolute Gasteiger partial charge is 0.399 e. The van der Waals surface area contributed by atoms with Gasteiger partial charge in [-0.25, -0.2) is 12.8 Å². The second kappa shape index (κ2) is 5.88. The molecule has 21 heavy (non-hydrogen) atoms. The van der Waals surface area contributed by atoms with Crippen molar-refractivity contribution in [3.63, 3.8) is 0 Å². The Balaban J connectivity index is 2.42. The molecule has 1 heterocycles. The first-order valence-corrected chi connectivity index (χ1v) is 8.01. The zero-order valence-corrected chi connectivity index (χ0v) is 12.7. The highest BCUT2D eigenvalue weighted by atomic mass is 32.2. The molecule has 0 aromatic heterocycles. The van der Waals surface area contributed by atoms with Crippen LogP contribution in [-0.2, 0) is 14.8 Å². The number of nitrogen functional groups attached to an aromatic ring is 1. The maximum Gasteiger partial charge on any atom is 0.246 e. The third-order valence-electron chi connectivity index (χ3n) is 3.36. The first-order valence-electron chi connectivity index (χ1n) is 6.57. The van der Waals surface area contributed by atoms with Gasteiger partial charge in [0.25, 0.3) is 0 Å². The summed E-state index contributed by atoms with van der Waals surface area (Å²) in [5.41, 5.74) is 5.98. The predicted molar refractivity (Wildman–Crippen MR) is 75.7 cm³/mol. The number of nitrogens with zero attached hydrogens (tertiary/aromatic N) is 1. The Morgan fingerprint density at radius 1 is 1.48 bits per heavy atom. The molecular weight excluding hydrogens is 299 g/mol. The molecule has 2 rings (SSSR count). The molecule has 0 radical (unpaired) electrons. The second-order valence-electron chi connectivity index (χ2n) is 5.22. The van der Waals surface area contributed by atoms with E-state index < -0.39 is 26.8 Å². The molecule has 1 aliphatic heterocycles. The van der Waals surface area contributed by atoms with E-state index in [1.807, 2.05) is 0 Å². The number of aryl methyl sites for hydroxylation is 1. The van der Waals surface area contributed by atoms with Crippen molar-refractivity contribution in [1.82, 2.24) is 4.31 Å². The van der Waals surface area contributed by atoms with E-state index in [1.54, 1.807) is 6.92 Å². The molecule has 0 amide bonds. The summed E-state index contributed by atoms with van der Waals surface area (Å²) in [5.74, 6) is -0.802. The van der Waals surface area contributed by atoms with Gasteiger partial charge in [0.2, 0.25) is 10.0 Å². The van der Waals surface area contributed by atoms with Crippen molar-refractivity contribution < 1.29 is 22.7 Å². The van der Waals surface area contributed by atoms with Crippen LogP contribution in [0.5, 0.6) is 0 Å². The standard InChI is InChI=1S/C13H19FN2O4S/c1-8-3-10(15)4-12(13(8)14)21(18,19)16-5-9(2)20-11(6-16)7-17/h3-4,9,11,17H,5-7,15H2,1-2H3. The van der Waals surface area contributed by atoms with Crippen molar-refractivity contribution in [2.24, 2.45) is 0 Å². The van der Waals surface area contributed by atoms with Crippen molar-refractivity contribution in [3.8, 4) is 0 Å². The number of benzene rings is 1. The van der Waals surface area contributed by atoms with E-state index in [0.29, 0.717) is 0 Å². The van der Waals surface area contributed by atoms with Gasteiger partial charge in [0.05, 0.1) is 18.8 Å². The molecule has 118 valence electrons. The van der Waals surface area contributed by atoms with Gasteiger partial charge >= 0.3 is 0 Å². The Morgan fingerprint density at radius 2 is 2.14 bits per heavy atom. The lowest BCUT2D eigenvalue weighted by molar-refractivity contribution is -0.0750. The van der Waals surface area contributed by atoms with Crippen molar-refractivity contribution >= 4 is 15.7 Å². The molecule has 0 spiro atoms. The summed E-state index contributed by atoms with van der Waals surface area (Å²) in [6.45, 7) is 2.95. The van der Waals surface area contributed by atoms with Crippen LogP contribution in [0.15, 0.2) is 17.0 Å². The minimum atomic E-state index is -4.03. The highest BCUT2D eigenvalue weighted by Gasteiger charge is 2.35. The number of anilines is 1. The topological polar surface area (TPSA) is 92.9 Å². The van der Waals surface area contributed by atoms with E-state index in [9.17, 15) is 12.8 Å². The molecule has 1 aliphatic rings. The van der Waals surface area contributed by atoms with Gasteiger partial charge in [0.15, 0.2) is 0 Å². The van der Waals surface area contributed by atoms with Crippen LogP contribution in [0.1, 0.15) is 12.5 Å². The fourth-order valence-electron chi connectivity index (χ4n) is 2.39. The molecule has 0 aliphatic carbocycles. The van der Waals surface area contributed by atoms with Gasteiger partial charge in [-0.3, -0.25) is 0 Å². The molecular formula is C13H19FN2O4S. The van der Waals surface area contributed by atoms with E-state index in [4.69, 9.17) is 15.6 Å². The number of rotatable bonds is 3. The number of halogens is 1. The summed E-state index contributed by atoms with van der Waals surface area (Å²) in [6.07, 6.45) is -0.996. The molecule has 3 N–H and O–H groups in total. The second-order valence-corrected chi connectivity index (χ2v) is 7.13. The summed E-state index contributed by atoms with van der Waals surface area (Å²) in [5, 5.41) is 9.17. The Morgan fingerprint density at radius 3 is 2.76 bits per heavy atom. The van der Waals surface area contributed by atoms with Crippen LogP contribution >= 0.6 is 0 Å². The van der Waals surface area contributed by atoms with Crippen molar-refractivity contribution in [2.75, 3.05) is 25.4 Å². The first-order chi connectivity index (χ1) is 9.75. The van der Waals surface area contributed by atoms with Gasteiger partial charge in [0, 0.05) is 18.8 Å². The Kier molecular flexibility index (Phi) is 4.52. The number of hydrogen-bond donors (Lipinski definition) is 2. The average Bonchev–Trinajstić information content (AvgIpc) is 2.41. The summed E-state index contributed by atoms with van der Waals surface area (Å²) in [6, 6.07) is 2.50. The molecule has 6 nitrogen and oxygen atoms in total. The third kappa shape index (κ3) is 3.18. The molecule has 1 fully saturated rings. The summed E-state index contributed by atoms with van der Waals surface area (Å²) in [4.78, 5) is -0.439. The van der Waals surface area contributed by atoms with Crippen LogP contribution in [0.2, 0.25) is 0 Å². The lowest BCUT2D eigenvalue weighted by Gasteiger charge is -2.35. The zero-order valence-electron chi connectivity index (χ0n) is 11.9. The number of aliphatic hydroxyl groups is 1. The lowest BCUT2D eigenvalue weighted by Crippen LogP contribution is -2.50. The average molecular weight is 318 g/mol. The van der Waals surface area contributed by atoms with Crippen LogP contribution in [0, 0.1) is 12.7 Å². The number of morpholine rings is 1. The number of sulfonamides is 1. The van der Waals surface area contributed by atoms with Gasteiger partial charge in [-0.05, 0) is 31.5 Å². The normalized spacial score (nSPS) is 24.2. The summed E-state index contributed by atoms with van der Waals surface area (Å²) >= 11 is 0. The van der Waals surface area contributed by atoms with Crippen LogP contribution in [0.25, 0.3) is 0 Å². The van der Waals surface area contributed by atoms with E-state index >= 15 is 0 Å². The number of aliphatic hydroxyl groups excluding tert-OH is 1. The van der Waals surface area contributed by atoms with Gasteiger partial charge in [-0.1, -0.05) is 0 Å². The first kappa shape index (κ1) is 16.2. The Labute approximate surface area is 123 Å². The van der Waals surface area contributed by atoms with Crippen LogP contribution < -0.4 is 5.73 Å². The van der Waals surface area contributed by atoms with Crippen LogP contribution in [0.4, 0.5) is 10.1 Å². The number of hydrogen-bond acceptors (Lipinski definition) is 5. The van der Waals surface area contributed by atoms with Gasteiger partial charge in [-0.15, -0.1) is 0 Å². The van der Waals surface area contributed by atoms with E-state index in [1.165, 1.54) is 13.0 Å². The van der Waals surface area contributed by atoms with Crippen LogP contribution in [-0.4, -0.2) is 49.7 Å². The highest BCUT2D eigenvalue weighted by molar-refractivity contribution is 7.89. The molecule has 2 atom stereocenters. The molecule has 8 heteroatoms. The fourth-order valence-corrected chi connectivity index (χ4v) is 4.11. The maximum absolute atomic E-state index is 14.2. The SMILES string of the molecule is Cc1cc(N)cc(S(=O)(=O)N2CC(C)OC(CO)C2)c1F. The van der Waals surface area contributed by atoms with Crippen LogP contribution in [0.3, 0.4) is 0 Å². The minimum absolute atomic E-state index is 0.0174. The molecule has 1 aromatic rings. The summed E-state index contributed by atoms with van der Waals surface area (Å²) < 4.78 is 45.9. The monoisotopic (exact) mass is 318 g/mol. The molecule has 1 aromatic carbocycles. The molecule has 1 saturated heterocycles. The summed E-state index contributed by atoms with van der Waals surface area (Å²) in [7, 11) is -4.03. The molecule has 0 bridgehead atoms. The number of nitrogens with two attached hydrogens (primary N) is 1. The highest BCUT2D eigenvalue weighted by Crippen LogP contribution is 2.26. The van der Waals surface area contributed by atoms with E-state index in [0.717, 1.165) is 10.4 Å². The Hall–Kier alpha value is -1.22. The lowest BCUT2D eigenvalue weighted by atomic mass is 10.2. The minimum Gasteiger partial charge on any atom is -0.399 e. The van der Waals surface area contributed by atoms with Gasteiger partial charge in [-0.2, -0.15) is 4.31 Å². The number of ether oxygens (including phenoxy) is 1. The van der Waals surface area contributed by atoms with Crippen molar-refractivity contribution in [3.05, 3.63) is 23.5 Å². The molecule has 2 unspecified atom stereocenters. The van der Waals surface area contributed by atoms with Gasteiger partial charge < -0.3 is 15.6 Å². The van der Waals surface area contributed by atoms with E-state index in [-0.39, 0.29) is 37.1 Å². The maximum atomic E-state index is 14.2. The Bertz CT molecular complexity index is 635. The third-order valence-corrected chi connectivity index (χ3v) is 5.19. The van der Waals surface area contributed by atoms with Crippen molar-refractivity contribution in [1.29, 1.82) is 0 Å². The quantitative estimate of drug-likeness (QED) is 0.791. The smallest absolute Gasteiger partial charge is 0.246 e. The van der Waals surface area contributed by atoms with Gasteiger partial charge in [0.1, 0.15) is 10.7 Å². The van der Waals surface area contributed by atoms with E-state index in [2.05, 4.69) is 0 Å².